The zero-order valence-corrected chi connectivity index (χ0v) is 12.8. The molecule has 0 aliphatic carbocycles. The third kappa shape index (κ3) is 4.11. The van der Waals surface area contributed by atoms with Crippen LogP contribution in [0.2, 0.25) is 0 Å². The molecule has 1 fully saturated rings. The standard InChI is InChI=1S/C16H24N2O3/c1-18-9-4-3-5-13(18)8-10-21-16(19)12-6-7-14(17)15(11-12)20-2/h6-7,11,13H,3-5,8-10,17H2,1-2H3. The highest BCUT2D eigenvalue weighted by Crippen LogP contribution is 2.23. The lowest BCUT2D eigenvalue weighted by Crippen LogP contribution is -2.37. The zero-order chi connectivity index (χ0) is 15.2. The average Bonchev–Trinajstić information content (AvgIpc) is 2.49. The van der Waals surface area contributed by atoms with Crippen molar-refractivity contribution in [2.45, 2.75) is 31.7 Å². The van der Waals surface area contributed by atoms with E-state index in [1.165, 1.54) is 26.4 Å². The molecular formula is C16H24N2O3. The molecule has 1 aliphatic heterocycles. The van der Waals surface area contributed by atoms with Crippen molar-refractivity contribution < 1.29 is 14.3 Å². The van der Waals surface area contributed by atoms with Gasteiger partial charge in [-0.25, -0.2) is 4.79 Å². The number of piperidine rings is 1. The smallest absolute Gasteiger partial charge is 0.338 e. The minimum Gasteiger partial charge on any atom is -0.495 e. The van der Waals surface area contributed by atoms with E-state index in [0.29, 0.717) is 29.6 Å². The van der Waals surface area contributed by atoms with E-state index in [1.54, 1.807) is 18.2 Å². The van der Waals surface area contributed by atoms with Gasteiger partial charge in [0.15, 0.2) is 0 Å². The lowest BCUT2D eigenvalue weighted by Gasteiger charge is -2.32. The summed E-state index contributed by atoms with van der Waals surface area (Å²) in [7, 11) is 3.66. The number of hydrogen-bond donors (Lipinski definition) is 1. The molecule has 116 valence electrons. The van der Waals surface area contributed by atoms with E-state index in [4.69, 9.17) is 15.2 Å². The van der Waals surface area contributed by atoms with Gasteiger partial charge in [0.2, 0.25) is 0 Å². The molecule has 0 amide bonds. The number of hydrogen-bond acceptors (Lipinski definition) is 5. The Morgan fingerprint density at radius 1 is 1.43 bits per heavy atom. The van der Waals surface area contributed by atoms with Crippen LogP contribution >= 0.6 is 0 Å². The maximum absolute atomic E-state index is 12.0. The number of rotatable bonds is 5. The second-order valence-corrected chi connectivity index (χ2v) is 5.51. The molecule has 5 nitrogen and oxygen atoms in total. The van der Waals surface area contributed by atoms with Crippen LogP contribution in [-0.2, 0) is 4.74 Å². The first kappa shape index (κ1) is 15.6. The summed E-state index contributed by atoms with van der Waals surface area (Å²) in [6.07, 6.45) is 4.59. The minimum atomic E-state index is -0.327. The molecular weight excluding hydrogens is 268 g/mol. The average molecular weight is 292 g/mol. The summed E-state index contributed by atoms with van der Waals surface area (Å²) < 4.78 is 10.5. The van der Waals surface area contributed by atoms with Gasteiger partial charge in [-0.3, -0.25) is 0 Å². The topological polar surface area (TPSA) is 64.8 Å². The van der Waals surface area contributed by atoms with E-state index >= 15 is 0 Å². The summed E-state index contributed by atoms with van der Waals surface area (Å²) in [5.74, 6) is 0.170. The Bertz CT molecular complexity index is 490. The quantitative estimate of drug-likeness (QED) is 0.666. The fourth-order valence-electron chi connectivity index (χ4n) is 2.72. The number of nitrogen functional groups attached to an aromatic ring is 1. The van der Waals surface area contributed by atoms with Gasteiger partial charge in [-0.15, -0.1) is 0 Å². The summed E-state index contributed by atoms with van der Waals surface area (Å²) in [5.41, 5.74) is 6.71. The molecule has 1 atom stereocenters. The highest BCUT2D eigenvalue weighted by Gasteiger charge is 2.19. The fourth-order valence-corrected chi connectivity index (χ4v) is 2.72. The molecule has 1 saturated heterocycles. The van der Waals surface area contributed by atoms with Crippen molar-refractivity contribution in [2.75, 3.05) is 33.0 Å². The van der Waals surface area contributed by atoms with E-state index in [9.17, 15) is 4.79 Å². The number of nitrogens with zero attached hydrogens (tertiary/aromatic N) is 1. The Morgan fingerprint density at radius 2 is 2.24 bits per heavy atom. The van der Waals surface area contributed by atoms with E-state index in [0.717, 1.165) is 13.0 Å². The monoisotopic (exact) mass is 292 g/mol. The van der Waals surface area contributed by atoms with Crippen LogP contribution in [-0.4, -0.2) is 44.2 Å². The Morgan fingerprint density at radius 3 is 2.95 bits per heavy atom. The number of likely N-dealkylation sites (tertiary alicyclic amines) is 1. The highest BCUT2D eigenvalue weighted by molar-refractivity contribution is 5.90. The lowest BCUT2D eigenvalue weighted by atomic mass is 10.0. The van der Waals surface area contributed by atoms with Gasteiger partial charge in [0.05, 0.1) is 25.0 Å². The van der Waals surface area contributed by atoms with Crippen LogP contribution in [0.25, 0.3) is 0 Å². The van der Waals surface area contributed by atoms with Crippen LogP contribution < -0.4 is 10.5 Å². The second kappa shape index (κ2) is 7.31. The van der Waals surface area contributed by atoms with Crippen LogP contribution in [0.1, 0.15) is 36.0 Å². The molecule has 1 heterocycles. The number of esters is 1. The van der Waals surface area contributed by atoms with Gasteiger partial charge < -0.3 is 20.1 Å². The first-order chi connectivity index (χ1) is 10.1. The van der Waals surface area contributed by atoms with Crippen molar-refractivity contribution in [1.29, 1.82) is 0 Å². The summed E-state index contributed by atoms with van der Waals surface area (Å²) in [6, 6.07) is 5.45. The number of methoxy groups -OCH3 is 1. The zero-order valence-electron chi connectivity index (χ0n) is 12.8. The van der Waals surface area contributed by atoms with Gasteiger partial charge in [0, 0.05) is 6.04 Å². The molecule has 5 heteroatoms. The summed E-state index contributed by atoms with van der Waals surface area (Å²) in [4.78, 5) is 14.4. The predicted molar refractivity (Wildman–Crippen MR) is 82.6 cm³/mol. The highest BCUT2D eigenvalue weighted by atomic mass is 16.5. The van der Waals surface area contributed by atoms with Crippen LogP contribution in [0.3, 0.4) is 0 Å². The molecule has 21 heavy (non-hydrogen) atoms. The number of carbonyl (C=O) groups excluding carboxylic acids is 1. The van der Waals surface area contributed by atoms with Crippen molar-refractivity contribution in [3.63, 3.8) is 0 Å². The summed E-state index contributed by atoms with van der Waals surface area (Å²) in [6.45, 7) is 1.58. The van der Waals surface area contributed by atoms with Crippen molar-refractivity contribution in [3.8, 4) is 5.75 Å². The van der Waals surface area contributed by atoms with E-state index in [1.807, 2.05) is 0 Å². The van der Waals surface area contributed by atoms with E-state index in [2.05, 4.69) is 11.9 Å². The van der Waals surface area contributed by atoms with Gasteiger partial charge >= 0.3 is 5.97 Å². The van der Waals surface area contributed by atoms with E-state index in [-0.39, 0.29) is 5.97 Å². The molecule has 1 aliphatic rings. The number of nitrogens with two attached hydrogens (primary N) is 1. The third-order valence-corrected chi connectivity index (χ3v) is 4.07. The summed E-state index contributed by atoms with van der Waals surface area (Å²) in [5, 5.41) is 0. The largest absolute Gasteiger partial charge is 0.495 e. The Hall–Kier alpha value is -1.75. The molecule has 0 bridgehead atoms. The third-order valence-electron chi connectivity index (χ3n) is 4.07. The van der Waals surface area contributed by atoms with Crippen molar-refractivity contribution in [1.82, 2.24) is 4.90 Å². The number of anilines is 1. The van der Waals surface area contributed by atoms with Crippen molar-refractivity contribution in [2.24, 2.45) is 0 Å². The Labute approximate surface area is 126 Å². The van der Waals surface area contributed by atoms with Gasteiger partial charge in [-0.05, 0) is 51.1 Å². The second-order valence-electron chi connectivity index (χ2n) is 5.51. The Kier molecular flexibility index (Phi) is 5.44. The van der Waals surface area contributed by atoms with Crippen LogP contribution in [0.15, 0.2) is 18.2 Å². The molecule has 1 unspecified atom stereocenters. The maximum Gasteiger partial charge on any atom is 0.338 e. The van der Waals surface area contributed by atoms with Gasteiger partial charge in [-0.1, -0.05) is 6.42 Å². The predicted octanol–water partition coefficient (Wildman–Crippen LogP) is 2.31. The molecule has 0 saturated carbocycles. The molecule has 0 spiro atoms. The molecule has 2 rings (SSSR count). The number of ether oxygens (including phenoxy) is 2. The summed E-state index contributed by atoms with van der Waals surface area (Å²) >= 11 is 0. The number of benzene rings is 1. The molecule has 1 aromatic rings. The van der Waals surface area contributed by atoms with E-state index < -0.39 is 0 Å². The maximum atomic E-state index is 12.0. The first-order valence-corrected chi connectivity index (χ1v) is 7.42. The SMILES string of the molecule is COc1cc(C(=O)OCCC2CCCCN2C)ccc1N. The normalized spacial score (nSPS) is 19.2. The molecule has 1 aromatic carbocycles. The first-order valence-electron chi connectivity index (χ1n) is 7.42. The minimum absolute atomic E-state index is 0.327. The fraction of sp³-hybridized carbons (Fsp3) is 0.562. The van der Waals surface area contributed by atoms with Gasteiger partial charge in [-0.2, -0.15) is 0 Å². The van der Waals surface area contributed by atoms with Crippen LogP contribution in [0, 0.1) is 0 Å². The molecule has 2 N–H and O–H groups in total. The molecule has 0 aromatic heterocycles. The van der Waals surface area contributed by atoms with Crippen LogP contribution in [0.5, 0.6) is 5.75 Å². The van der Waals surface area contributed by atoms with Crippen molar-refractivity contribution in [3.05, 3.63) is 23.8 Å². The molecule has 0 radical (unpaired) electrons. The lowest BCUT2D eigenvalue weighted by molar-refractivity contribution is 0.0450. The van der Waals surface area contributed by atoms with Crippen LogP contribution in [0.4, 0.5) is 5.69 Å². The Balaban J connectivity index is 1.84. The number of carbonyl (C=O) groups is 1. The van der Waals surface area contributed by atoms with Gasteiger partial charge in [0.25, 0.3) is 0 Å². The van der Waals surface area contributed by atoms with Crippen molar-refractivity contribution >= 4 is 11.7 Å². The van der Waals surface area contributed by atoms with Gasteiger partial charge in [0.1, 0.15) is 5.75 Å².